The second kappa shape index (κ2) is 6.81. The molecule has 0 fully saturated rings. The summed E-state index contributed by atoms with van der Waals surface area (Å²) in [4.78, 5) is 17.0. The predicted octanol–water partition coefficient (Wildman–Crippen LogP) is 4.77. The van der Waals surface area contributed by atoms with E-state index in [4.69, 9.17) is 11.6 Å². The second-order valence-electron chi connectivity index (χ2n) is 5.96. The smallest absolute Gasteiger partial charge is 0.259 e. The van der Waals surface area contributed by atoms with Crippen LogP contribution in [0.15, 0.2) is 60.9 Å². The summed E-state index contributed by atoms with van der Waals surface area (Å²) in [5.41, 5.74) is 2.37. The van der Waals surface area contributed by atoms with E-state index < -0.39 is 5.82 Å². The van der Waals surface area contributed by atoms with Crippen LogP contribution in [-0.2, 0) is 0 Å². The lowest BCUT2D eigenvalue weighted by Gasteiger charge is -2.10. The maximum atomic E-state index is 14.0. The molecular weight excluding hydrogens is 367 g/mol. The third kappa shape index (κ3) is 3.04. The molecule has 7 heteroatoms. The number of nitrogens with one attached hydrogen (secondary N) is 1. The Morgan fingerprint density at radius 1 is 1.15 bits per heavy atom. The number of nitrogens with zero attached hydrogens (tertiary/aromatic N) is 3. The predicted molar refractivity (Wildman–Crippen MR) is 103 cm³/mol. The van der Waals surface area contributed by atoms with Crippen molar-refractivity contribution in [3.05, 3.63) is 83.0 Å². The quantitative estimate of drug-likeness (QED) is 0.556. The van der Waals surface area contributed by atoms with E-state index in [-0.39, 0.29) is 11.6 Å². The van der Waals surface area contributed by atoms with Crippen molar-refractivity contribution < 1.29 is 9.18 Å². The Hall–Kier alpha value is -3.25. The minimum atomic E-state index is -0.412. The van der Waals surface area contributed by atoms with Crippen LogP contribution in [0.5, 0.6) is 0 Å². The van der Waals surface area contributed by atoms with Crippen molar-refractivity contribution in [2.24, 2.45) is 0 Å². The van der Waals surface area contributed by atoms with Gasteiger partial charge in [0.05, 0.1) is 33.7 Å². The molecule has 0 bridgehead atoms. The van der Waals surface area contributed by atoms with E-state index in [9.17, 15) is 9.18 Å². The monoisotopic (exact) mass is 380 g/mol. The molecule has 4 aromatic rings. The molecule has 0 radical (unpaired) electrons. The lowest BCUT2D eigenvalue weighted by molar-refractivity contribution is 0.102. The highest BCUT2D eigenvalue weighted by atomic mass is 35.5. The molecule has 0 atom stereocenters. The maximum Gasteiger partial charge on any atom is 0.259 e. The number of hydrogen-bond donors (Lipinski definition) is 1. The molecule has 134 valence electrons. The molecule has 2 aromatic heterocycles. The zero-order valence-corrected chi connectivity index (χ0v) is 15.0. The van der Waals surface area contributed by atoms with Crippen molar-refractivity contribution in [3.8, 4) is 5.69 Å². The summed E-state index contributed by atoms with van der Waals surface area (Å²) >= 11 is 6.17. The van der Waals surface area contributed by atoms with Gasteiger partial charge < -0.3 is 5.32 Å². The Morgan fingerprint density at radius 3 is 2.78 bits per heavy atom. The van der Waals surface area contributed by atoms with Crippen LogP contribution in [0.25, 0.3) is 16.6 Å². The van der Waals surface area contributed by atoms with Crippen molar-refractivity contribution in [1.29, 1.82) is 0 Å². The molecule has 0 aliphatic carbocycles. The van der Waals surface area contributed by atoms with Gasteiger partial charge in [-0.15, -0.1) is 0 Å². The average molecular weight is 381 g/mol. The maximum absolute atomic E-state index is 14.0. The number of para-hydroxylation sites is 1. The number of benzene rings is 2. The van der Waals surface area contributed by atoms with Gasteiger partial charge in [-0.1, -0.05) is 23.7 Å². The molecule has 0 aliphatic rings. The van der Waals surface area contributed by atoms with Crippen LogP contribution >= 0.6 is 11.6 Å². The molecule has 2 heterocycles. The summed E-state index contributed by atoms with van der Waals surface area (Å²) in [6.45, 7) is 1.72. The van der Waals surface area contributed by atoms with Gasteiger partial charge >= 0.3 is 0 Å². The van der Waals surface area contributed by atoms with Gasteiger partial charge in [0.15, 0.2) is 0 Å². The first-order valence-corrected chi connectivity index (χ1v) is 8.58. The van der Waals surface area contributed by atoms with E-state index >= 15 is 0 Å². The highest BCUT2D eigenvalue weighted by Gasteiger charge is 2.18. The lowest BCUT2D eigenvalue weighted by Crippen LogP contribution is -2.13. The largest absolute Gasteiger partial charge is 0.321 e. The number of fused-ring (bicyclic) bond motifs is 1. The average Bonchev–Trinajstić information content (AvgIpc) is 3.06. The Bertz CT molecular complexity index is 1170. The summed E-state index contributed by atoms with van der Waals surface area (Å²) in [5.74, 6) is -0.756. The van der Waals surface area contributed by atoms with Gasteiger partial charge in [0.2, 0.25) is 0 Å². The van der Waals surface area contributed by atoms with Gasteiger partial charge in [-0.25, -0.2) is 9.07 Å². The van der Waals surface area contributed by atoms with Crippen LogP contribution in [0.3, 0.4) is 0 Å². The molecule has 2 aromatic carbocycles. The topological polar surface area (TPSA) is 59.8 Å². The molecule has 27 heavy (non-hydrogen) atoms. The van der Waals surface area contributed by atoms with Crippen LogP contribution in [-0.4, -0.2) is 20.7 Å². The van der Waals surface area contributed by atoms with Crippen LogP contribution < -0.4 is 5.32 Å². The van der Waals surface area contributed by atoms with Gasteiger partial charge in [-0.3, -0.25) is 9.78 Å². The number of aromatic nitrogens is 3. The Morgan fingerprint density at radius 2 is 1.96 bits per heavy atom. The normalized spacial score (nSPS) is 10.9. The molecule has 5 nitrogen and oxygen atoms in total. The van der Waals surface area contributed by atoms with Gasteiger partial charge in [-0.2, -0.15) is 5.10 Å². The molecule has 0 spiro atoms. The van der Waals surface area contributed by atoms with Crippen LogP contribution in [0.1, 0.15) is 16.1 Å². The van der Waals surface area contributed by atoms with Gasteiger partial charge in [-0.05, 0) is 43.3 Å². The van der Waals surface area contributed by atoms with Crippen molar-refractivity contribution in [2.75, 3.05) is 5.32 Å². The number of rotatable bonds is 3. The Balaban J connectivity index is 1.70. The van der Waals surface area contributed by atoms with Crippen molar-refractivity contribution in [3.63, 3.8) is 0 Å². The molecule has 0 saturated heterocycles. The zero-order chi connectivity index (χ0) is 19.0. The third-order valence-corrected chi connectivity index (χ3v) is 4.61. The van der Waals surface area contributed by atoms with Crippen LogP contribution in [0.2, 0.25) is 5.02 Å². The lowest BCUT2D eigenvalue weighted by atomic mass is 10.1. The molecule has 0 saturated carbocycles. The molecule has 4 rings (SSSR count). The van der Waals surface area contributed by atoms with E-state index in [2.05, 4.69) is 15.4 Å². The number of halogens is 2. The van der Waals surface area contributed by atoms with Crippen LogP contribution in [0.4, 0.5) is 10.1 Å². The first kappa shape index (κ1) is 17.2. The summed E-state index contributed by atoms with van der Waals surface area (Å²) in [6, 6.07) is 13.3. The minimum absolute atomic E-state index is 0.287. The van der Waals surface area contributed by atoms with Gasteiger partial charge in [0.25, 0.3) is 5.91 Å². The molecular formula is C20H14ClFN4O. The number of hydrogen-bond acceptors (Lipinski definition) is 3. The number of carbonyl (C=O) groups excluding carboxylic acids is 1. The molecule has 1 N–H and O–H groups in total. The molecule has 1 amide bonds. The summed E-state index contributed by atoms with van der Waals surface area (Å²) in [6.07, 6.45) is 3.07. The van der Waals surface area contributed by atoms with Crippen molar-refractivity contribution >= 4 is 34.1 Å². The number of amides is 1. The fourth-order valence-electron chi connectivity index (χ4n) is 2.94. The Labute approximate surface area is 159 Å². The number of anilines is 1. The minimum Gasteiger partial charge on any atom is -0.321 e. The highest BCUT2D eigenvalue weighted by Crippen LogP contribution is 2.28. The second-order valence-corrected chi connectivity index (χ2v) is 6.36. The summed E-state index contributed by atoms with van der Waals surface area (Å²) in [7, 11) is 0. The molecule has 0 aliphatic heterocycles. The van der Waals surface area contributed by atoms with E-state index in [0.29, 0.717) is 27.5 Å². The van der Waals surface area contributed by atoms with E-state index in [1.807, 2.05) is 6.07 Å². The highest BCUT2D eigenvalue weighted by molar-refractivity contribution is 6.35. The third-order valence-electron chi connectivity index (χ3n) is 4.30. The number of carbonyl (C=O) groups is 1. The van der Waals surface area contributed by atoms with Gasteiger partial charge in [0.1, 0.15) is 11.5 Å². The SMILES string of the molecule is Cc1c(C(=O)Nc2ccc(Cl)c3ncccc23)cnn1-c1ccccc1F. The fraction of sp³-hybridized carbons (Fsp3) is 0.0500. The fourth-order valence-corrected chi connectivity index (χ4v) is 3.15. The summed E-state index contributed by atoms with van der Waals surface area (Å²) in [5, 5.41) is 8.27. The van der Waals surface area contributed by atoms with E-state index in [1.54, 1.807) is 49.5 Å². The van der Waals surface area contributed by atoms with Crippen molar-refractivity contribution in [1.82, 2.24) is 14.8 Å². The van der Waals surface area contributed by atoms with Crippen molar-refractivity contribution in [2.45, 2.75) is 6.92 Å². The van der Waals surface area contributed by atoms with Crippen LogP contribution in [0, 0.1) is 12.7 Å². The standard InChI is InChI=1S/C20H14ClFN4O/c1-12-14(11-24-26(12)18-7-3-2-6-16(18)22)20(27)25-17-9-8-15(21)19-13(17)5-4-10-23-19/h2-11H,1H3,(H,25,27). The zero-order valence-electron chi connectivity index (χ0n) is 14.3. The molecule has 0 unspecified atom stereocenters. The van der Waals surface area contributed by atoms with E-state index in [0.717, 1.165) is 5.39 Å². The van der Waals surface area contributed by atoms with E-state index in [1.165, 1.54) is 16.9 Å². The number of pyridine rings is 1. The first-order valence-electron chi connectivity index (χ1n) is 8.20. The Kier molecular flexibility index (Phi) is 4.33. The van der Waals surface area contributed by atoms with Gasteiger partial charge in [0, 0.05) is 11.6 Å². The first-order chi connectivity index (χ1) is 13.1. The summed E-state index contributed by atoms with van der Waals surface area (Å²) < 4.78 is 15.5.